The molecule has 1 aliphatic rings. The number of nitrogens with zero attached hydrogens (tertiary/aromatic N) is 1. The van der Waals surface area contributed by atoms with Crippen LogP contribution >= 0.6 is 11.6 Å². The van der Waals surface area contributed by atoms with Crippen LogP contribution in [0.1, 0.15) is 18.0 Å². The number of aliphatic hydroxyl groups is 1. The molecule has 0 unspecified atom stereocenters. The second-order valence-electron chi connectivity index (χ2n) is 4.26. The van der Waals surface area contributed by atoms with Gasteiger partial charge in [-0.05, 0) is 31.0 Å². The Bertz CT molecular complexity index is 342. The molecule has 2 nitrogen and oxygen atoms in total. The van der Waals surface area contributed by atoms with Gasteiger partial charge in [0.25, 0.3) is 0 Å². The SMILES string of the molecule is CN1C[C@@H](CO)C[C@@H]1c1ccccc1Cl. The summed E-state index contributed by atoms with van der Waals surface area (Å²) in [6, 6.07) is 8.32. The number of halogens is 1. The van der Waals surface area contributed by atoms with E-state index in [1.165, 1.54) is 5.56 Å². The molecule has 82 valence electrons. The average Bonchev–Trinajstić information content (AvgIpc) is 2.60. The normalized spacial score (nSPS) is 27.1. The van der Waals surface area contributed by atoms with Gasteiger partial charge in [-0.2, -0.15) is 0 Å². The molecule has 2 atom stereocenters. The smallest absolute Gasteiger partial charge is 0.0472 e. The Morgan fingerprint density at radius 3 is 2.80 bits per heavy atom. The van der Waals surface area contributed by atoms with Crippen molar-refractivity contribution in [2.75, 3.05) is 20.2 Å². The predicted molar refractivity (Wildman–Crippen MR) is 62.0 cm³/mol. The largest absolute Gasteiger partial charge is 0.396 e. The number of likely N-dealkylation sites (tertiary alicyclic amines) is 1. The maximum Gasteiger partial charge on any atom is 0.0472 e. The zero-order valence-corrected chi connectivity index (χ0v) is 9.61. The van der Waals surface area contributed by atoms with E-state index in [-0.39, 0.29) is 6.61 Å². The Balaban J connectivity index is 2.21. The summed E-state index contributed by atoms with van der Waals surface area (Å²) in [6.07, 6.45) is 0.997. The van der Waals surface area contributed by atoms with E-state index in [1.54, 1.807) is 0 Å². The maximum atomic E-state index is 9.16. The monoisotopic (exact) mass is 225 g/mol. The van der Waals surface area contributed by atoms with Crippen molar-refractivity contribution in [1.29, 1.82) is 0 Å². The quantitative estimate of drug-likeness (QED) is 0.835. The molecule has 0 amide bonds. The van der Waals surface area contributed by atoms with E-state index in [2.05, 4.69) is 18.0 Å². The maximum absolute atomic E-state index is 9.16. The Hall–Kier alpha value is -0.570. The number of aliphatic hydroxyl groups excluding tert-OH is 1. The molecule has 0 saturated carbocycles. The van der Waals surface area contributed by atoms with Crippen LogP contribution in [0.4, 0.5) is 0 Å². The minimum atomic E-state index is 0.269. The molecule has 15 heavy (non-hydrogen) atoms. The molecular formula is C12H16ClNO. The second kappa shape index (κ2) is 4.52. The number of rotatable bonds is 2. The first-order valence-corrected chi connectivity index (χ1v) is 5.65. The Morgan fingerprint density at radius 2 is 2.20 bits per heavy atom. The molecule has 0 radical (unpaired) electrons. The summed E-state index contributed by atoms with van der Waals surface area (Å²) in [4.78, 5) is 2.27. The van der Waals surface area contributed by atoms with Gasteiger partial charge in [0.15, 0.2) is 0 Å². The predicted octanol–water partition coefficient (Wildman–Crippen LogP) is 2.33. The minimum Gasteiger partial charge on any atom is -0.396 e. The van der Waals surface area contributed by atoms with Gasteiger partial charge in [0.2, 0.25) is 0 Å². The van der Waals surface area contributed by atoms with Gasteiger partial charge >= 0.3 is 0 Å². The molecule has 2 rings (SSSR count). The van der Waals surface area contributed by atoms with Crippen LogP contribution in [0.25, 0.3) is 0 Å². The summed E-state index contributed by atoms with van der Waals surface area (Å²) in [5, 5.41) is 9.98. The lowest BCUT2D eigenvalue weighted by Crippen LogP contribution is -2.19. The number of benzene rings is 1. The first kappa shape index (κ1) is 10.9. The highest BCUT2D eigenvalue weighted by molar-refractivity contribution is 6.31. The van der Waals surface area contributed by atoms with E-state index in [0.29, 0.717) is 12.0 Å². The molecule has 1 fully saturated rings. The van der Waals surface area contributed by atoms with E-state index < -0.39 is 0 Å². The van der Waals surface area contributed by atoms with Crippen LogP contribution in [0.5, 0.6) is 0 Å². The molecule has 0 aliphatic carbocycles. The summed E-state index contributed by atoms with van der Waals surface area (Å²) in [5.74, 6) is 0.385. The summed E-state index contributed by atoms with van der Waals surface area (Å²) in [6.45, 7) is 1.22. The Kier molecular flexibility index (Phi) is 3.29. The number of hydrogen-bond donors (Lipinski definition) is 1. The van der Waals surface area contributed by atoms with Crippen molar-refractivity contribution < 1.29 is 5.11 Å². The topological polar surface area (TPSA) is 23.5 Å². The third-order valence-corrected chi connectivity index (χ3v) is 3.50. The van der Waals surface area contributed by atoms with Gasteiger partial charge in [-0.25, -0.2) is 0 Å². The standard InChI is InChI=1S/C12H16ClNO/c1-14-7-9(8-15)6-12(14)10-4-2-3-5-11(10)13/h2-5,9,12,15H,6-8H2,1H3/t9-,12+/m0/s1. The lowest BCUT2D eigenvalue weighted by molar-refractivity contribution is 0.227. The van der Waals surface area contributed by atoms with Crippen molar-refractivity contribution in [3.8, 4) is 0 Å². The van der Waals surface area contributed by atoms with Crippen LogP contribution < -0.4 is 0 Å². The summed E-state index contributed by atoms with van der Waals surface area (Å²) >= 11 is 6.17. The summed E-state index contributed by atoms with van der Waals surface area (Å²) in [7, 11) is 2.09. The van der Waals surface area contributed by atoms with Gasteiger partial charge in [-0.3, -0.25) is 4.90 Å². The Morgan fingerprint density at radius 1 is 1.47 bits per heavy atom. The molecule has 1 saturated heterocycles. The van der Waals surface area contributed by atoms with Crippen LogP contribution in [0.2, 0.25) is 5.02 Å². The lowest BCUT2D eigenvalue weighted by Gasteiger charge is -2.20. The zero-order chi connectivity index (χ0) is 10.8. The molecular weight excluding hydrogens is 210 g/mol. The fourth-order valence-electron chi connectivity index (χ4n) is 2.35. The van der Waals surface area contributed by atoms with Crippen LogP contribution in [-0.2, 0) is 0 Å². The fourth-order valence-corrected chi connectivity index (χ4v) is 2.61. The van der Waals surface area contributed by atoms with Crippen LogP contribution in [0.3, 0.4) is 0 Å². The minimum absolute atomic E-state index is 0.269. The summed E-state index contributed by atoms with van der Waals surface area (Å²) < 4.78 is 0. The van der Waals surface area contributed by atoms with Crippen molar-refractivity contribution in [3.05, 3.63) is 34.9 Å². The Labute approximate surface area is 95.5 Å². The zero-order valence-electron chi connectivity index (χ0n) is 8.86. The van der Waals surface area contributed by atoms with Crippen molar-refractivity contribution in [3.63, 3.8) is 0 Å². The van der Waals surface area contributed by atoms with Crippen molar-refractivity contribution in [2.45, 2.75) is 12.5 Å². The lowest BCUT2D eigenvalue weighted by atomic mass is 10.0. The molecule has 1 aromatic carbocycles. The van der Waals surface area contributed by atoms with E-state index in [1.807, 2.05) is 18.2 Å². The first-order valence-electron chi connectivity index (χ1n) is 5.28. The highest BCUT2D eigenvalue weighted by Gasteiger charge is 2.30. The third kappa shape index (κ3) is 2.17. The fraction of sp³-hybridized carbons (Fsp3) is 0.500. The molecule has 1 N–H and O–H groups in total. The van der Waals surface area contributed by atoms with Crippen molar-refractivity contribution >= 4 is 11.6 Å². The molecule has 3 heteroatoms. The van der Waals surface area contributed by atoms with Gasteiger partial charge in [0.1, 0.15) is 0 Å². The summed E-state index contributed by atoms with van der Waals surface area (Å²) in [5.41, 5.74) is 1.18. The van der Waals surface area contributed by atoms with Gasteiger partial charge in [-0.15, -0.1) is 0 Å². The highest BCUT2D eigenvalue weighted by Crippen LogP contribution is 2.36. The average molecular weight is 226 g/mol. The highest BCUT2D eigenvalue weighted by atomic mass is 35.5. The molecule has 0 bridgehead atoms. The second-order valence-corrected chi connectivity index (χ2v) is 4.67. The van der Waals surface area contributed by atoms with Crippen LogP contribution in [0.15, 0.2) is 24.3 Å². The molecule has 0 spiro atoms. The van der Waals surface area contributed by atoms with Crippen molar-refractivity contribution in [2.24, 2.45) is 5.92 Å². The van der Waals surface area contributed by atoms with E-state index in [4.69, 9.17) is 16.7 Å². The molecule has 1 aliphatic heterocycles. The van der Waals surface area contributed by atoms with Gasteiger partial charge in [0.05, 0.1) is 0 Å². The van der Waals surface area contributed by atoms with Crippen LogP contribution in [-0.4, -0.2) is 30.2 Å². The molecule has 0 aromatic heterocycles. The van der Waals surface area contributed by atoms with Gasteiger partial charge in [0, 0.05) is 24.2 Å². The van der Waals surface area contributed by atoms with Crippen molar-refractivity contribution in [1.82, 2.24) is 4.90 Å². The molecule has 1 heterocycles. The third-order valence-electron chi connectivity index (χ3n) is 3.16. The van der Waals surface area contributed by atoms with E-state index in [9.17, 15) is 0 Å². The first-order chi connectivity index (χ1) is 7.22. The van der Waals surface area contributed by atoms with Crippen LogP contribution in [0, 0.1) is 5.92 Å². The van der Waals surface area contributed by atoms with Gasteiger partial charge < -0.3 is 5.11 Å². The van der Waals surface area contributed by atoms with E-state index >= 15 is 0 Å². The molecule has 1 aromatic rings. The number of hydrogen-bond acceptors (Lipinski definition) is 2. The van der Waals surface area contributed by atoms with E-state index in [0.717, 1.165) is 18.0 Å². The van der Waals surface area contributed by atoms with Gasteiger partial charge in [-0.1, -0.05) is 29.8 Å².